The van der Waals surface area contributed by atoms with Gasteiger partial charge in [0.15, 0.2) is 5.78 Å². The molecule has 0 fully saturated rings. The van der Waals surface area contributed by atoms with Gasteiger partial charge in [-0.1, -0.05) is 6.07 Å². The van der Waals surface area contributed by atoms with E-state index in [4.69, 9.17) is 0 Å². The van der Waals surface area contributed by atoms with Gasteiger partial charge in [-0.3, -0.25) is 9.59 Å². The molecule has 4 nitrogen and oxygen atoms in total. The van der Waals surface area contributed by atoms with Crippen LogP contribution >= 0.6 is 0 Å². The maximum atomic E-state index is 10.9. The van der Waals surface area contributed by atoms with Gasteiger partial charge < -0.3 is 5.32 Å². The predicted octanol–water partition coefficient (Wildman–Crippen LogP) is 1.49. The lowest BCUT2D eigenvalue weighted by molar-refractivity contribution is -0.114. The first-order valence-corrected chi connectivity index (χ1v) is 3.85. The quantitative estimate of drug-likeness (QED) is 0.701. The van der Waals surface area contributed by atoms with E-state index in [-0.39, 0.29) is 13.1 Å². The minimum atomic E-state index is -0.201. The fourth-order valence-electron chi connectivity index (χ4n) is 0.881. The van der Waals surface area contributed by atoms with Gasteiger partial charge in [0.05, 0.1) is 0 Å². The number of hydrogen-bond donors (Lipinski definition) is 1. The first-order chi connectivity index (χ1) is 6.09. The first-order valence-electron chi connectivity index (χ1n) is 3.85. The molecule has 0 spiro atoms. The molecule has 4 heteroatoms. The van der Waals surface area contributed by atoms with Gasteiger partial charge in [-0.05, 0) is 12.1 Å². The second-order valence-corrected chi connectivity index (χ2v) is 2.65. The molecule has 0 saturated heterocycles. The van der Waals surface area contributed by atoms with Gasteiger partial charge in [-0.15, -0.1) is 0 Å². The van der Waals surface area contributed by atoms with Crippen LogP contribution in [0.3, 0.4) is 0 Å². The number of rotatable bonds is 2. The molecule has 0 bridgehead atoms. The minimum Gasteiger partial charge on any atom is -0.311 e. The Kier molecular flexibility index (Phi) is 2.74. The van der Waals surface area contributed by atoms with Crippen LogP contribution in [-0.4, -0.2) is 16.7 Å². The Balaban J connectivity index is 0.00000169. The monoisotopic (exact) mass is 180 g/mol. The molecule has 0 unspecified atom stereocenters. The van der Waals surface area contributed by atoms with Gasteiger partial charge in [-0.25, -0.2) is 4.98 Å². The van der Waals surface area contributed by atoms with E-state index < -0.39 is 0 Å². The average Bonchev–Trinajstić information content (AvgIpc) is 2.03. The van der Waals surface area contributed by atoms with Crippen molar-refractivity contribution >= 4 is 17.5 Å². The Hall–Kier alpha value is -1.71. The summed E-state index contributed by atoms with van der Waals surface area (Å²) in [7, 11) is 0. The topological polar surface area (TPSA) is 59.1 Å². The number of carbonyl (C=O) groups is 2. The molecule has 0 aromatic carbocycles. The van der Waals surface area contributed by atoms with Crippen molar-refractivity contribution in [3.05, 3.63) is 23.9 Å². The van der Waals surface area contributed by atoms with E-state index in [1.165, 1.54) is 13.8 Å². The van der Waals surface area contributed by atoms with Crippen LogP contribution in [0.1, 0.15) is 25.8 Å². The first kappa shape index (κ1) is 9.38. The van der Waals surface area contributed by atoms with Crippen molar-refractivity contribution in [2.24, 2.45) is 0 Å². The highest BCUT2D eigenvalue weighted by molar-refractivity contribution is 5.93. The van der Waals surface area contributed by atoms with Crippen LogP contribution < -0.4 is 5.32 Å². The number of nitrogens with one attached hydrogen (secondary N) is 1. The molecule has 0 radical (unpaired) electrons. The highest BCUT2D eigenvalue weighted by Gasteiger charge is 2.02. The zero-order chi connectivity index (χ0) is 9.84. The molecule has 70 valence electrons. The molecule has 1 aromatic rings. The standard InChI is InChI=1S/C9H10N2O2.H2/c1-6(12)8-4-3-5-9(11-8)10-7(2)13;/h3-5H,1-2H3,(H,10,11,13);1H. The number of Topliss-reactive ketones (excluding diaryl/α,β-unsaturated/α-hetero) is 1. The largest absolute Gasteiger partial charge is 0.311 e. The Labute approximate surface area is 77.5 Å². The van der Waals surface area contributed by atoms with Crippen LogP contribution in [0.25, 0.3) is 0 Å². The lowest BCUT2D eigenvalue weighted by atomic mass is 10.3. The lowest BCUT2D eigenvalue weighted by Crippen LogP contribution is -2.09. The van der Waals surface area contributed by atoms with E-state index >= 15 is 0 Å². The third-order valence-corrected chi connectivity index (χ3v) is 1.41. The Morgan fingerprint density at radius 2 is 2.08 bits per heavy atom. The number of carbonyl (C=O) groups excluding carboxylic acids is 2. The molecule has 1 N–H and O–H groups in total. The van der Waals surface area contributed by atoms with Gasteiger partial charge in [0.25, 0.3) is 0 Å². The van der Waals surface area contributed by atoms with Crippen molar-refractivity contribution in [3.8, 4) is 0 Å². The predicted molar refractivity (Wildman–Crippen MR) is 50.7 cm³/mol. The molecular weight excluding hydrogens is 168 g/mol. The summed E-state index contributed by atoms with van der Waals surface area (Å²) in [6, 6.07) is 4.91. The summed E-state index contributed by atoms with van der Waals surface area (Å²) in [5.74, 6) is 0.0839. The molecule has 0 atom stereocenters. The van der Waals surface area contributed by atoms with Crippen LogP contribution in [-0.2, 0) is 4.79 Å². The molecule has 0 aliphatic heterocycles. The Morgan fingerprint density at radius 1 is 1.38 bits per heavy atom. The van der Waals surface area contributed by atoms with Gasteiger partial charge in [0.2, 0.25) is 5.91 Å². The molecule has 1 amide bonds. The zero-order valence-electron chi connectivity index (χ0n) is 7.50. The van der Waals surface area contributed by atoms with E-state index in [1.54, 1.807) is 18.2 Å². The van der Waals surface area contributed by atoms with Crippen molar-refractivity contribution in [1.29, 1.82) is 0 Å². The maximum Gasteiger partial charge on any atom is 0.222 e. The van der Waals surface area contributed by atoms with Crippen molar-refractivity contribution in [2.45, 2.75) is 13.8 Å². The number of ketones is 1. The van der Waals surface area contributed by atoms with Gasteiger partial charge in [-0.2, -0.15) is 0 Å². The van der Waals surface area contributed by atoms with Crippen LogP contribution in [0.5, 0.6) is 0 Å². The Morgan fingerprint density at radius 3 is 2.62 bits per heavy atom. The average molecular weight is 180 g/mol. The number of aromatic nitrogens is 1. The van der Waals surface area contributed by atoms with Crippen molar-refractivity contribution in [2.75, 3.05) is 5.32 Å². The number of hydrogen-bond acceptors (Lipinski definition) is 3. The Bertz CT molecular complexity index is 352. The second kappa shape index (κ2) is 3.80. The molecule has 1 aromatic heterocycles. The summed E-state index contributed by atoms with van der Waals surface area (Å²) in [6.07, 6.45) is 0. The summed E-state index contributed by atoms with van der Waals surface area (Å²) in [5, 5.41) is 2.50. The van der Waals surface area contributed by atoms with E-state index in [0.29, 0.717) is 11.5 Å². The van der Waals surface area contributed by atoms with Gasteiger partial charge in [0.1, 0.15) is 11.5 Å². The van der Waals surface area contributed by atoms with Crippen molar-refractivity contribution < 1.29 is 11.0 Å². The minimum absolute atomic E-state index is 0. The van der Waals surface area contributed by atoms with Crippen LogP contribution in [0, 0.1) is 0 Å². The molecular formula is C9H12N2O2. The summed E-state index contributed by atoms with van der Waals surface area (Å²) in [4.78, 5) is 25.5. The molecule has 1 heterocycles. The number of nitrogens with zero attached hydrogens (tertiary/aromatic N) is 1. The maximum absolute atomic E-state index is 10.9. The molecule has 1 rings (SSSR count). The number of anilines is 1. The van der Waals surface area contributed by atoms with Crippen LogP contribution in [0.15, 0.2) is 18.2 Å². The smallest absolute Gasteiger partial charge is 0.222 e. The molecule has 0 aliphatic carbocycles. The number of amides is 1. The third-order valence-electron chi connectivity index (χ3n) is 1.41. The lowest BCUT2D eigenvalue weighted by Gasteiger charge is -2.01. The van der Waals surface area contributed by atoms with Gasteiger partial charge >= 0.3 is 0 Å². The van der Waals surface area contributed by atoms with E-state index in [2.05, 4.69) is 10.3 Å². The third kappa shape index (κ3) is 2.66. The normalized spacial score (nSPS) is 9.38. The summed E-state index contributed by atoms with van der Waals surface area (Å²) < 4.78 is 0. The fourth-order valence-corrected chi connectivity index (χ4v) is 0.881. The second-order valence-electron chi connectivity index (χ2n) is 2.65. The summed E-state index contributed by atoms with van der Waals surface area (Å²) in [5.41, 5.74) is 0.353. The van der Waals surface area contributed by atoms with Crippen molar-refractivity contribution in [3.63, 3.8) is 0 Å². The van der Waals surface area contributed by atoms with Gasteiger partial charge in [0, 0.05) is 15.3 Å². The van der Waals surface area contributed by atoms with Crippen molar-refractivity contribution in [1.82, 2.24) is 4.98 Å². The SMILES string of the molecule is CC(=O)Nc1cccc(C(C)=O)n1.[HH]. The van der Waals surface area contributed by atoms with E-state index in [9.17, 15) is 9.59 Å². The number of pyridine rings is 1. The molecule has 0 aliphatic rings. The van der Waals surface area contributed by atoms with Crippen LogP contribution in [0.4, 0.5) is 5.82 Å². The highest BCUT2D eigenvalue weighted by atomic mass is 16.1. The zero-order valence-corrected chi connectivity index (χ0v) is 7.50. The fraction of sp³-hybridized carbons (Fsp3) is 0.222. The highest BCUT2D eigenvalue weighted by Crippen LogP contribution is 2.04. The molecule has 13 heavy (non-hydrogen) atoms. The molecule has 0 saturated carbocycles. The summed E-state index contributed by atoms with van der Waals surface area (Å²) in [6.45, 7) is 2.82. The van der Waals surface area contributed by atoms with Crippen LogP contribution in [0.2, 0.25) is 0 Å². The van der Waals surface area contributed by atoms with E-state index in [1.807, 2.05) is 0 Å². The van der Waals surface area contributed by atoms with E-state index in [0.717, 1.165) is 0 Å². The summed E-state index contributed by atoms with van der Waals surface area (Å²) >= 11 is 0.